The summed E-state index contributed by atoms with van der Waals surface area (Å²) >= 11 is 0. The molecule has 1 aromatic carbocycles. The zero-order valence-electron chi connectivity index (χ0n) is 21.5. The van der Waals surface area contributed by atoms with Crippen LogP contribution in [0, 0.1) is 17.8 Å². The van der Waals surface area contributed by atoms with Crippen LogP contribution in [0.25, 0.3) is 0 Å². The van der Waals surface area contributed by atoms with Crippen molar-refractivity contribution in [2.45, 2.75) is 30.1 Å². The number of fused-ring (bicyclic) bond motifs is 5. The number of likely N-dealkylation sites (tertiary alicyclic amines) is 1. The Morgan fingerprint density at radius 1 is 1.10 bits per heavy atom. The van der Waals surface area contributed by atoms with E-state index in [0.717, 1.165) is 16.2 Å². The van der Waals surface area contributed by atoms with Crippen molar-refractivity contribution < 1.29 is 24.2 Å². The van der Waals surface area contributed by atoms with Crippen LogP contribution in [0.1, 0.15) is 29.8 Å². The standard InChI is InChI=1S/C30H28N4O5/c1-33-27(36)22-23(28(33)37)30(29(38)39-2)15-18-16-9-3-5-11-19(16)32-24(18)26(20-12-7-8-14-31-20)34(30)25(22)17-10-4-6-13-21(17)35/h3-14,16,19,22-23,25-26,32,35H,15H2,1-2H3/t16?,19?,22-,23-,25-,26+,30-/m1/s1. The summed E-state index contributed by atoms with van der Waals surface area (Å²) in [6.45, 7) is 0. The Hall–Kier alpha value is -4.24. The van der Waals surface area contributed by atoms with Gasteiger partial charge in [-0.1, -0.05) is 48.6 Å². The van der Waals surface area contributed by atoms with E-state index in [2.05, 4.69) is 17.5 Å². The first-order valence-corrected chi connectivity index (χ1v) is 13.1. The number of methoxy groups -OCH3 is 1. The predicted octanol–water partition coefficient (Wildman–Crippen LogP) is 2.40. The lowest BCUT2D eigenvalue weighted by Gasteiger charge is -2.49. The highest BCUT2D eigenvalue weighted by molar-refractivity contribution is 6.09. The number of imide groups is 1. The topological polar surface area (TPSA) is 112 Å². The maximum atomic E-state index is 14.2. The SMILES string of the molecule is COC(=O)[C@]12CC3=C(NC4C=CC=CC34)[C@H](c3ccccn3)N1[C@H](c1ccccc1O)[C@@H]1C(=O)N(C)C(=O)[C@@H]12. The highest BCUT2D eigenvalue weighted by Crippen LogP contribution is 2.65. The number of amides is 2. The molecule has 2 unspecified atom stereocenters. The first-order valence-electron chi connectivity index (χ1n) is 13.1. The summed E-state index contributed by atoms with van der Waals surface area (Å²) in [6, 6.07) is 11.0. The van der Waals surface area contributed by atoms with E-state index in [1.165, 1.54) is 14.2 Å². The van der Waals surface area contributed by atoms with Gasteiger partial charge in [0.25, 0.3) is 0 Å². The average molecular weight is 525 g/mol. The number of phenolic OH excluding ortho intramolecular Hbond substituents is 1. The number of nitrogens with one attached hydrogen (secondary N) is 1. The summed E-state index contributed by atoms with van der Waals surface area (Å²) in [4.78, 5) is 49.6. The van der Waals surface area contributed by atoms with E-state index >= 15 is 0 Å². The molecule has 5 aliphatic rings. The number of carbonyl (C=O) groups is 3. The fourth-order valence-corrected chi connectivity index (χ4v) is 7.65. The molecule has 198 valence electrons. The van der Waals surface area contributed by atoms with Crippen LogP contribution in [0.15, 0.2) is 84.2 Å². The number of allylic oxidation sites excluding steroid dienone is 2. The van der Waals surface area contributed by atoms with Crippen molar-refractivity contribution in [3.8, 4) is 5.75 Å². The first kappa shape index (κ1) is 23.8. The molecule has 4 aliphatic heterocycles. The van der Waals surface area contributed by atoms with Crippen LogP contribution >= 0.6 is 0 Å². The quantitative estimate of drug-likeness (QED) is 0.465. The van der Waals surface area contributed by atoms with Gasteiger partial charge in [-0.3, -0.25) is 29.2 Å². The van der Waals surface area contributed by atoms with E-state index in [0.29, 0.717) is 11.3 Å². The number of hydrogen-bond donors (Lipinski definition) is 2. The van der Waals surface area contributed by atoms with E-state index in [9.17, 15) is 19.5 Å². The Morgan fingerprint density at radius 3 is 2.62 bits per heavy atom. The summed E-state index contributed by atoms with van der Waals surface area (Å²) in [5, 5.41) is 14.8. The molecule has 2 amide bonds. The molecule has 0 saturated carbocycles. The number of pyridine rings is 1. The number of esters is 1. The van der Waals surface area contributed by atoms with Crippen molar-refractivity contribution >= 4 is 17.8 Å². The van der Waals surface area contributed by atoms with Gasteiger partial charge >= 0.3 is 5.97 Å². The molecule has 2 saturated heterocycles. The van der Waals surface area contributed by atoms with Crippen LogP contribution in [0.3, 0.4) is 0 Å². The molecule has 2 aromatic rings. The normalized spacial score (nSPS) is 34.5. The summed E-state index contributed by atoms with van der Waals surface area (Å²) in [6.07, 6.45) is 10.1. The minimum absolute atomic E-state index is 0.00446. The van der Waals surface area contributed by atoms with E-state index in [1.807, 2.05) is 35.3 Å². The van der Waals surface area contributed by atoms with Gasteiger partial charge in [-0.15, -0.1) is 0 Å². The van der Waals surface area contributed by atoms with Gasteiger partial charge in [-0.2, -0.15) is 0 Å². The number of para-hydroxylation sites is 1. The zero-order valence-corrected chi connectivity index (χ0v) is 21.5. The van der Waals surface area contributed by atoms with Gasteiger partial charge in [0.1, 0.15) is 11.3 Å². The van der Waals surface area contributed by atoms with Gasteiger partial charge in [0.05, 0.1) is 42.8 Å². The molecular weight excluding hydrogens is 496 g/mol. The summed E-state index contributed by atoms with van der Waals surface area (Å²) in [7, 11) is 2.78. The van der Waals surface area contributed by atoms with Crippen molar-refractivity contribution in [1.29, 1.82) is 0 Å². The van der Waals surface area contributed by atoms with Gasteiger partial charge in [0.2, 0.25) is 11.8 Å². The van der Waals surface area contributed by atoms with Crippen molar-refractivity contribution in [2.75, 3.05) is 14.2 Å². The van der Waals surface area contributed by atoms with Crippen LogP contribution in [0.2, 0.25) is 0 Å². The molecule has 5 heterocycles. The number of rotatable bonds is 3. The molecule has 9 nitrogen and oxygen atoms in total. The van der Waals surface area contributed by atoms with Crippen LogP contribution in [-0.4, -0.2) is 63.4 Å². The Labute approximate surface area is 225 Å². The number of carbonyl (C=O) groups excluding carboxylic acids is 3. The Kier molecular flexibility index (Phi) is 5.12. The summed E-state index contributed by atoms with van der Waals surface area (Å²) < 4.78 is 5.48. The fraction of sp³-hybridized carbons (Fsp3) is 0.333. The zero-order chi connectivity index (χ0) is 27.1. The van der Waals surface area contributed by atoms with Crippen molar-refractivity contribution in [1.82, 2.24) is 20.1 Å². The number of hydrogen-bond acceptors (Lipinski definition) is 8. The summed E-state index contributed by atoms with van der Waals surface area (Å²) in [5.74, 6) is -3.26. The molecule has 7 atom stereocenters. The molecule has 2 fully saturated rings. The molecule has 0 bridgehead atoms. The van der Waals surface area contributed by atoms with Gasteiger partial charge in [0, 0.05) is 36.8 Å². The third-order valence-corrected chi connectivity index (χ3v) is 9.17. The van der Waals surface area contributed by atoms with Gasteiger partial charge in [-0.25, -0.2) is 0 Å². The van der Waals surface area contributed by atoms with Crippen LogP contribution in [0.4, 0.5) is 0 Å². The van der Waals surface area contributed by atoms with Crippen LogP contribution < -0.4 is 5.32 Å². The van der Waals surface area contributed by atoms with E-state index < -0.39 is 41.3 Å². The number of phenols is 1. The molecule has 0 radical (unpaired) electrons. The molecular formula is C30H28N4O5. The van der Waals surface area contributed by atoms with Crippen LogP contribution in [0.5, 0.6) is 5.75 Å². The Morgan fingerprint density at radius 2 is 1.87 bits per heavy atom. The fourth-order valence-electron chi connectivity index (χ4n) is 7.65. The molecule has 7 rings (SSSR count). The number of aromatic nitrogens is 1. The Bertz CT molecular complexity index is 1500. The van der Waals surface area contributed by atoms with E-state index in [4.69, 9.17) is 9.72 Å². The highest BCUT2D eigenvalue weighted by atomic mass is 16.5. The third-order valence-electron chi connectivity index (χ3n) is 9.17. The lowest BCUT2D eigenvalue weighted by Crippen LogP contribution is -2.61. The van der Waals surface area contributed by atoms with Gasteiger partial charge in [-0.05, 0) is 23.8 Å². The Balaban J connectivity index is 1.55. The maximum absolute atomic E-state index is 14.2. The average Bonchev–Trinajstić information content (AvgIpc) is 3.55. The van der Waals surface area contributed by atoms with Gasteiger partial charge < -0.3 is 15.2 Å². The maximum Gasteiger partial charge on any atom is 0.327 e. The lowest BCUT2D eigenvalue weighted by molar-refractivity contribution is -0.164. The smallest absolute Gasteiger partial charge is 0.327 e. The molecule has 2 N–H and O–H groups in total. The van der Waals surface area contributed by atoms with Crippen LogP contribution in [-0.2, 0) is 19.1 Å². The number of aromatic hydroxyl groups is 1. The third kappa shape index (κ3) is 2.99. The van der Waals surface area contributed by atoms with Crippen molar-refractivity contribution in [2.24, 2.45) is 17.8 Å². The van der Waals surface area contributed by atoms with E-state index in [-0.39, 0.29) is 30.0 Å². The first-order chi connectivity index (χ1) is 18.9. The second kappa shape index (κ2) is 8.38. The van der Waals surface area contributed by atoms with E-state index in [1.54, 1.807) is 30.5 Å². The molecule has 9 heteroatoms. The number of benzene rings is 1. The molecule has 39 heavy (non-hydrogen) atoms. The second-order valence-corrected chi connectivity index (χ2v) is 10.8. The largest absolute Gasteiger partial charge is 0.508 e. The van der Waals surface area contributed by atoms with Crippen molar-refractivity contribution in [3.05, 3.63) is 95.5 Å². The number of ether oxygens (including phenoxy) is 1. The summed E-state index contributed by atoms with van der Waals surface area (Å²) in [5.41, 5.74) is 1.58. The minimum Gasteiger partial charge on any atom is -0.508 e. The second-order valence-electron chi connectivity index (χ2n) is 10.8. The minimum atomic E-state index is -1.49. The van der Waals surface area contributed by atoms with Crippen molar-refractivity contribution in [3.63, 3.8) is 0 Å². The number of nitrogens with zero attached hydrogens (tertiary/aromatic N) is 3. The molecule has 0 spiro atoms. The van der Waals surface area contributed by atoms with Gasteiger partial charge in [0.15, 0.2) is 0 Å². The lowest BCUT2D eigenvalue weighted by atomic mass is 9.71. The molecule has 1 aromatic heterocycles. The molecule has 1 aliphatic carbocycles. The predicted molar refractivity (Wildman–Crippen MR) is 140 cm³/mol. The highest BCUT2D eigenvalue weighted by Gasteiger charge is 2.75. The monoisotopic (exact) mass is 524 g/mol.